The number of benzene rings is 2. The Morgan fingerprint density at radius 3 is 2.40 bits per heavy atom. The van der Waals surface area contributed by atoms with Crippen LogP contribution < -0.4 is 5.32 Å². The molecule has 0 aromatic heterocycles. The van der Waals surface area contributed by atoms with Crippen molar-refractivity contribution in [2.24, 2.45) is 0 Å². The Labute approximate surface area is 127 Å². The van der Waals surface area contributed by atoms with Crippen molar-refractivity contribution in [1.29, 1.82) is 0 Å². The van der Waals surface area contributed by atoms with E-state index in [0.717, 1.165) is 5.02 Å². The predicted octanol–water partition coefficient (Wildman–Crippen LogP) is 5.37. The van der Waals surface area contributed by atoms with Gasteiger partial charge in [0.25, 0.3) is 0 Å². The van der Waals surface area contributed by atoms with Crippen LogP contribution in [-0.2, 0) is 0 Å². The standard InChI is InChI=1S/C18H22ClN/c1-12-8-9-13(2)18(10-12)15(4)20-14(3)16-6-5-7-17(19)11-16/h5-11,14-15,20H,1-4H3/t14-,15?/m0/s1. The third kappa shape index (κ3) is 3.62. The van der Waals surface area contributed by atoms with E-state index >= 15 is 0 Å². The van der Waals surface area contributed by atoms with Gasteiger partial charge in [-0.1, -0.05) is 47.5 Å². The second-order valence-electron chi connectivity index (χ2n) is 5.53. The number of hydrogen-bond donors (Lipinski definition) is 1. The molecule has 0 fully saturated rings. The minimum atomic E-state index is 0.267. The highest BCUT2D eigenvalue weighted by Crippen LogP contribution is 2.24. The summed E-state index contributed by atoms with van der Waals surface area (Å²) in [6.07, 6.45) is 0. The van der Waals surface area contributed by atoms with Crippen molar-refractivity contribution in [3.63, 3.8) is 0 Å². The molecule has 1 N–H and O–H groups in total. The first-order chi connectivity index (χ1) is 9.47. The van der Waals surface area contributed by atoms with E-state index in [1.54, 1.807) is 0 Å². The van der Waals surface area contributed by atoms with Gasteiger partial charge in [0.15, 0.2) is 0 Å². The van der Waals surface area contributed by atoms with Crippen LogP contribution in [0.1, 0.15) is 48.2 Å². The lowest BCUT2D eigenvalue weighted by atomic mass is 9.98. The van der Waals surface area contributed by atoms with Crippen molar-refractivity contribution in [2.75, 3.05) is 0 Å². The van der Waals surface area contributed by atoms with Crippen LogP contribution in [0.2, 0.25) is 5.02 Å². The van der Waals surface area contributed by atoms with Gasteiger partial charge in [0.1, 0.15) is 0 Å². The lowest BCUT2D eigenvalue weighted by molar-refractivity contribution is 0.493. The fourth-order valence-corrected chi connectivity index (χ4v) is 2.76. The zero-order chi connectivity index (χ0) is 14.7. The van der Waals surface area contributed by atoms with Gasteiger partial charge in [-0.15, -0.1) is 0 Å². The Hall–Kier alpha value is -1.31. The number of rotatable bonds is 4. The molecule has 0 spiro atoms. The summed E-state index contributed by atoms with van der Waals surface area (Å²) in [4.78, 5) is 0. The third-order valence-electron chi connectivity index (χ3n) is 3.75. The molecule has 1 unspecified atom stereocenters. The molecule has 2 aromatic rings. The average molecular weight is 288 g/mol. The number of nitrogens with one attached hydrogen (secondary N) is 1. The highest BCUT2D eigenvalue weighted by molar-refractivity contribution is 6.30. The summed E-state index contributed by atoms with van der Waals surface area (Å²) in [6, 6.07) is 15.2. The summed E-state index contributed by atoms with van der Waals surface area (Å²) in [5.74, 6) is 0. The predicted molar refractivity (Wildman–Crippen MR) is 87.3 cm³/mol. The van der Waals surface area contributed by atoms with E-state index < -0.39 is 0 Å². The van der Waals surface area contributed by atoms with Crippen molar-refractivity contribution in [2.45, 2.75) is 39.8 Å². The summed E-state index contributed by atoms with van der Waals surface area (Å²) < 4.78 is 0. The maximum atomic E-state index is 6.06. The maximum Gasteiger partial charge on any atom is 0.0409 e. The second kappa shape index (κ2) is 6.43. The van der Waals surface area contributed by atoms with Gasteiger partial charge in [0.05, 0.1) is 0 Å². The molecule has 0 bridgehead atoms. The SMILES string of the molecule is Cc1ccc(C)c(C(C)N[C@@H](C)c2cccc(Cl)c2)c1. The van der Waals surface area contributed by atoms with E-state index in [9.17, 15) is 0 Å². The summed E-state index contributed by atoms with van der Waals surface area (Å²) >= 11 is 6.06. The highest BCUT2D eigenvalue weighted by Gasteiger charge is 2.13. The molecule has 0 saturated heterocycles. The van der Waals surface area contributed by atoms with Crippen molar-refractivity contribution < 1.29 is 0 Å². The largest absolute Gasteiger partial charge is 0.304 e. The van der Waals surface area contributed by atoms with Gasteiger partial charge in [-0.25, -0.2) is 0 Å². The van der Waals surface area contributed by atoms with Crippen LogP contribution in [0.25, 0.3) is 0 Å². The molecular formula is C18H22ClN. The van der Waals surface area contributed by atoms with Crippen LogP contribution in [0.5, 0.6) is 0 Å². The Morgan fingerprint density at radius 1 is 0.950 bits per heavy atom. The molecule has 0 heterocycles. The number of halogens is 1. The zero-order valence-electron chi connectivity index (χ0n) is 12.6. The van der Waals surface area contributed by atoms with Crippen LogP contribution >= 0.6 is 11.6 Å². The molecule has 0 aliphatic carbocycles. The Balaban J connectivity index is 2.15. The maximum absolute atomic E-state index is 6.06. The van der Waals surface area contributed by atoms with Crippen LogP contribution in [-0.4, -0.2) is 0 Å². The molecule has 2 rings (SSSR count). The molecule has 0 amide bonds. The van der Waals surface area contributed by atoms with E-state index in [0.29, 0.717) is 6.04 Å². The van der Waals surface area contributed by atoms with Gasteiger partial charge in [0, 0.05) is 17.1 Å². The molecule has 2 aromatic carbocycles. The summed E-state index contributed by atoms with van der Waals surface area (Å²) in [5.41, 5.74) is 5.21. The quantitative estimate of drug-likeness (QED) is 0.797. The molecule has 20 heavy (non-hydrogen) atoms. The van der Waals surface area contributed by atoms with Crippen molar-refractivity contribution in [1.82, 2.24) is 5.32 Å². The normalized spacial score (nSPS) is 14.1. The Morgan fingerprint density at radius 2 is 1.70 bits per heavy atom. The summed E-state index contributed by atoms with van der Waals surface area (Å²) in [5, 5.41) is 4.44. The Bertz CT molecular complexity index is 592. The lowest BCUT2D eigenvalue weighted by Gasteiger charge is -2.22. The van der Waals surface area contributed by atoms with Crippen molar-refractivity contribution in [3.8, 4) is 0 Å². The summed E-state index contributed by atoms with van der Waals surface area (Å²) in [6.45, 7) is 8.68. The van der Waals surface area contributed by atoms with E-state index in [1.807, 2.05) is 18.2 Å². The van der Waals surface area contributed by atoms with Gasteiger partial charge in [0.2, 0.25) is 0 Å². The first kappa shape index (κ1) is 15.1. The summed E-state index contributed by atoms with van der Waals surface area (Å²) in [7, 11) is 0. The average Bonchev–Trinajstić information content (AvgIpc) is 2.41. The molecule has 0 radical (unpaired) electrons. The fourth-order valence-electron chi connectivity index (χ4n) is 2.56. The number of hydrogen-bond acceptors (Lipinski definition) is 1. The van der Waals surface area contributed by atoms with Crippen molar-refractivity contribution in [3.05, 3.63) is 69.7 Å². The molecule has 1 nitrogen and oxygen atoms in total. The Kier molecular flexibility index (Phi) is 4.85. The zero-order valence-corrected chi connectivity index (χ0v) is 13.3. The molecular weight excluding hydrogens is 266 g/mol. The molecule has 0 aliphatic rings. The van der Waals surface area contributed by atoms with Gasteiger partial charge >= 0.3 is 0 Å². The van der Waals surface area contributed by atoms with Gasteiger partial charge in [-0.3, -0.25) is 0 Å². The smallest absolute Gasteiger partial charge is 0.0409 e. The van der Waals surface area contributed by atoms with Crippen molar-refractivity contribution >= 4 is 11.6 Å². The van der Waals surface area contributed by atoms with Crippen LogP contribution in [0, 0.1) is 13.8 Å². The van der Waals surface area contributed by atoms with E-state index in [2.05, 4.69) is 57.3 Å². The molecule has 2 heteroatoms. The van der Waals surface area contributed by atoms with E-state index in [4.69, 9.17) is 11.6 Å². The van der Waals surface area contributed by atoms with E-state index in [-0.39, 0.29) is 6.04 Å². The fraction of sp³-hybridized carbons (Fsp3) is 0.333. The first-order valence-electron chi connectivity index (χ1n) is 7.06. The van der Waals surface area contributed by atoms with E-state index in [1.165, 1.54) is 22.3 Å². The molecule has 106 valence electrons. The lowest BCUT2D eigenvalue weighted by Crippen LogP contribution is -2.23. The second-order valence-corrected chi connectivity index (χ2v) is 5.96. The minimum Gasteiger partial charge on any atom is -0.304 e. The first-order valence-corrected chi connectivity index (χ1v) is 7.44. The third-order valence-corrected chi connectivity index (χ3v) is 3.99. The highest BCUT2D eigenvalue weighted by atomic mass is 35.5. The van der Waals surface area contributed by atoms with Gasteiger partial charge < -0.3 is 5.32 Å². The van der Waals surface area contributed by atoms with Crippen LogP contribution in [0.4, 0.5) is 0 Å². The topological polar surface area (TPSA) is 12.0 Å². The monoisotopic (exact) mass is 287 g/mol. The van der Waals surface area contributed by atoms with Crippen LogP contribution in [0.15, 0.2) is 42.5 Å². The molecule has 0 aliphatic heterocycles. The van der Waals surface area contributed by atoms with Crippen LogP contribution in [0.3, 0.4) is 0 Å². The van der Waals surface area contributed by atoms with Gasteiger partial charge in [-0.2, -0.15) is 0 Å². The van der Waals surface area contributed by atoms with Gasteiger partial charge in [-0.05, 0) is 56.5 Å². The molecule has 0 saturated carbocycles. The molecule has 2 atom stereocenters. The minimum absolute atomic E-state index is 0.267. The number of aryl methyl sites for hydroxylation is 2.